The second-order valence-corrected chi connectivity index (χ2v) is 4.20. The predicted octanol–water partition coefficient (Wildman–Crippen LogP) is 1.98. The van der Waals surface area contributed by atoms with Crippen LogP contribution in [0.3, 0.4) is 0 Å². The summed E-state index contributed by atoms with van der Waals surface area (Å²) in [5.41, 5.74) is 1.08. The van der Waals surface area contributed by atoms with Crippen molar-refractivity contribution >= 4 is 12.0 Å². The molecule has 1 N–H and O–H groups in total. The molecule has 17 heavy (non-hydrogen) atoms. The van der Waals surface area contributed by atoms with Gasteiger partial charge in [-0.25, -0.2) is 4.79 Å². The Morgan fingerprint density at radius 1 is 1.35 bits per heavy atom. The Morgan fingerprint density at radius 2 is 2.12 bits per heavy atom. The van der Waals surface area contributed by atoms with E-state index in [1.807, 2.05) is 0 Å². The second-order valence-electron chi connectivity index (χ2n) is 4.20. The lowest BCUT2D eigenvalue weighted by molar-refractivity contribution is -0.127. The first-order valence-electron chi connectivity index (χ1n) is 5.36. The molecule has 0 atom stereocenters. The number of hydrogen-bond acceptors (Lipinski definition) is 4. The van der Waals surface area contributed by atoms with Gasteiger partial charge in [-0.2, -0.15) is 0 Å². The fourth-order valence-corrected chi connectivity index (χ4v) is 1.73. The monoisotopic (exact) mass is 234 g/mol. The van der Waals surface area contributed by atoms with Crippen LogP contribution < -0.4 is 4.74 Å². The van der Waals surface area contributed by atoms with Crippen molar-refractivity contribution in [3.05, 3.63) is 35.4 Å². The van der Waals surface area contributed by atoms with Crippen LogP contribution in [0.4, 0.5) is 0 Å². The molecule has 0 radical (unpaired) electrons. The smallest absolute Gasteiger partial charge is 0.345 e. The Labute approximate surface area is 99.5 Å². The van der Waals surface area contributed by atoms with Gasteiger partial charge in [0.1, 0.15) is 11.3 Å². The molecule has 90 valence electrons. The summed E-state index contributed by atoms with van der Waals surface area (Å²) in [5.74, 6) is -0.843. The molecule has 1 aromatic rings. The normalized spacial score (nSPS) is 17.5. The Morgan fingerprint density at radius 3 is 2.82 bits per heavy atom. The van der Waals surface area contributed by atoms with Gasteiger partial charge >= 0.3 is 5.97 Å². The van der Waals surface area contributed by atoms with Crippen molar-refractivity contribution in [3.63, 3.8) is 0 Å². The van der Waals surface area contributed by atoms with E-state index in [0.717, 1.165) is 0 Å². The molecule has 0 saturated carbocycles. The Kier molecular flexibility index (Phi) is 2.90. The highest BCUT2D eigenvalue weighted by molar-refractivity contribution is 5.97. The van der Waals surface area contributed by atoms with Crippen molar-refractivity contribution in [2.24, 2.45) is 0 Å². The van der Waals surface area contributed by atoms with Crippen LogP contribution in [0.15, 0.2) is 24.3 Å². The number of carbonyl (C=O) groups excluding carboxylic acids is 1. The number of aliphatic hydroxyl groups is 1. The molecule has 1 aromatic carbocycles. The maximum Gasteiger partial charge on any atom is 0.345 e. The molecule has 0 spiro atoms. The highest BCUT2D eigenvalue weighted by atomic mass is 16.7. The van der Waals surface area contributed by atoms with Crippen LogP contribution in [0.25, 0.3) is 6.08 Å². The van der Waals surface area contributed by atoms with Crippen LogP contribution in [0.2, 0.25) is 0 Å². The third kappa shape index (κ3) is 2.31. The van der Waals surface area contributed by atoms with Crippen molar-refractivity contribution < 1.29 is 19.4 Å². The Balaban J connectivity index is 2.48. The lowest BCUT2D eigenvalue weighted by Gasteiger charge is -2.32. The van der Waals surface area contributed by atoms with Gasteiger partial charge in [0.15, 0.2) is 0 Å². The van der Waals surface area contributed by atoms with E-state index in [2.05, 4.69) is 0 Å². The first-order chi connectivity index (χ1) is 8.03. The number of aliphatic hydroxyl groups excluding tert-OH is 1. The maximum atomic E-state index is 11.9. The van der Waals surface area contributed by atoms with Crippen LogP contribution in [0.1, 0.15) is 29.8 Å². The number of cyclic esters (lactones) is 1. The first kappa shape index (κ1) is 11.7. The van der Waals surface area contributed by atoms with Crippen molar-refractivity contribution in [2.45, 2.75) is 19.6 Å². The molecular weight excluding hydrogens is 220 g/mol. The van der Waals surface area contributed by atoms with Gasteiger partial charge in [-0.15, -0.1) is 0 Å². The summed E-state index contributed by atoms with van der Waals surface area (Å²) in [6.45, 7) is 3.29. The predicted molar refractivity (Wildman–Crippen MR) is 62.7 cm³/mol. The number of esters is 1. The summed E-state index contributed by atoms with van der Waals surface area (Å²) in [6.07, 6.45) is 3.23. The zero-order valence-electron chi connectivity index (χ0n) is 9.77. The van der Waals surface area contributed by atoms with E-state index >= 15 is 0 Å². The molecule has 0 unspecified atom stereocenters. The van der Waals surface area contributed by atoms with Gasteiger partial charge in [-0.3, -0.25) is 0 Å². The summed E-state index contributed by atoms with van der Waals surface area (Å²) in [4.78, 5) is 11.9. The average Bonchev–Trinajstić information content (AvgIpc) is 2.23. The van der Waals surface area contributed by atoms with Gasteiger partial charge in [-0.05, 0) is 11.6 Å². The molecule has 4 nitrogen and oxygen atoms in total. The largest absolute Gasteiger partial charge is 0.452 e. The van der Waals surface area contributed by atoms with Crippen LogP contribution >= 0.6 is 0 Å². The SMILES string of the molecule is CC1(C)OC(=O)c2c(/C=C/CO)cccc2O1. The topological polar surface area (TPSA) is 55.8 Å². The van der Waals surface area contributed by atoms with Gasteiger partial charge < -0.3 is 14.6 Å². The van der Waals surface area contributed by atoms with E-state index < -0.39 is 11.8 Å². The zero-order valence-corrected chi connectivity index (χ0v) is 9.77. The van der Waals surface area contributed by atoms with Crippen LogP contribution in [0, 0.1) is 0 Å². The Hall–Kier alpha value is -1.81. The van der Waals surface area contributed by atoms with Crippen molar-refractivity contribution in [2.75, 3.05) is 6.61 Å². The number of rotatable bonds is 2. The molecule has 0 saturated heterocycles. The highest BCUT2D eigenvalue weighted by Gasteiger charge is 2.34. The summed E-state index contributed by atoms with van der Waals surface area (Å²) in [6, 6.07) is 5.30. The standard InChI is InChI=1S/C13H14O4/c1-13(2)16-10-7-3-5-9(6-4-8-14)11(10)12(15)17-13/h3-7,14H,8H2,1-2H3/b6-4+. The van der Waals surface area contributed by atoms with Crippen LogP contribution in [0.5, 0.6) is 5.75 Å². The number of ether oxygens (including phenoxy) is 2. The number of carbonyl (C=O) groups is 1. The minimum atomic E-state index is -0.941. The average molecular weight is 234 g/mol. The van der Waals surface area contributed by atoms with Gasteiger partial charge in [0.25, 0.3) is 0 Å². The highest BCUT2D eigenvalue weighted by Crippen LogP contribution is 2.33. The molecule has 1 heterocycles. The number of fused-ring (bicyclic) bond motifs is 1. The van der Waals surface area contributed by atoms with E-state index in [1.54, 1.807) is 44.2 Å². The van der Waals surface area contributed by atoms with E-state index in [1.165, 1.54) is 0 Å². The minimum Gasteiger partial charge on any atom is -0.452 e. The molecule has 0 aliphatic carbocycles. The summed E-state index contributed by atoms with van der Waals surface area (Å²) < 4.78 is 10.7. The third-order valence-electron chi connectivity index (χ3n) is 2.36. The summed E-state index contributed by atoms with van der Waals surface area (Å²) in [7, 11) is 0. The number of hydrogen-bond donors (Lipinski definition) is 1. The second kappa shape index (κ2) is 4.22. The molecule has 0 bridgehead atoms. The zero-order chi connectivity index (χ0) is 12.5. The van der Waals surface area contributed by atoms with E-state index in [-0.39, 0.29) is 6.61 Å². The molecule has 1 aliphatic rings. The van der Waals surface area contributed by atoms with Crippen LogP contribution in [-0.4, -0.2) is 23.5 Å². The van der Waals surface area contributed by atoms with Crippen molar-refractivity contribution in [1.82, 2.24) is 0 Å². The van der Waals surface area contributed by atoms with Crippen LogP contribution in [-0.2, 0) is 4.74 Å². The van der Waals surface area contributed by atoms with Gasteiger partial charge in [0, 0.05) is 13.8 Å². The quantitative estimate of drug-likeness (QED) is 0.795. The minimum absolute atomic E-state index is 0.0783. The van der Waals surface area contributed by atoms with Gasteiger partial charge in [-0.1, -0.05) is 24.3 Å². The summed E-state index contributed by atoms with van der Waals surface area (Å²) >= 11 is 0. The summed E-state index contributed by atoms with van der Waals surface area (Å²) in [5, 5.41) is 8.75. The van der Waals surface area contributed by atoms with Gasteiger partial charge in [0.2, 0.25) is 5.79 Å². The van der Waals surface area contributed by atoms with E-state index in [0.29, 0.717) is 16.9 Å². The van der Waals surface area contributed by atoms with Gasteiger partial charge in [0.05, 0.1) is 6.61 Å². The third-order valence-corrected chi connectivity index (χ3v) is 2.36. The molecule has 0 fully saturated rings. The molecule has 0 aromatic heterocycles. The lowest BCUT2D eigenvalue weighted by Crippen LogP contribution is -2.39. The van der Waals surface area contributed by atoms with Crippen molar-refractivity contribution in [1.29, 1.82) is 0 Å². The Bertz CT molecular complexity index is 474. The van der Waals surface area contributed by atoms with E-state index in [4.69, 9.17) is 14.6 Å². The molecule has 1 aliphatic heterocycles. The molecule has 0 amide bonds. The fraction of sp³-hybridized carbons (Fsp3) is 0.308. The molecule has 2 rings (SSSR count). The number of benzene rings is 1. The van der Waals surface area contributed by atoms with E-state index in [9.17, 15) is 4.79 Å². The fourth-order valence-electron chi connectivity index (χ4n) is 1.73. The first-order valence-corrected chi connectivity index (χ1v) is 5.36. The van der Waals surface area contributed by atoms with Crippen molar-refractivity contribution in [3.8, 4) is 5.75 Å². The molecular formula is C13H14O4. The maximum absolute atomic E-state index is 11.9. The lowest BCUT2D eigenvalue weighted by atomic mass is 10.0. The molecule has 4 heteroatoms.